The SMILES string of the molecule is CC(CCS)CCOc1ccc(Br)cc1Cl. The van der Waals surface area contributed by atoms with Crippen molar-refractivity contribution in [2.24, 2.45) is 5.92 Å². The molecule has 90 valence electrons. The third kappa shape index (κ3) is 4.98. The number of rotatable bonds is 6. The highest BCUT2D eigenvalue weighted by molar-refractivity contribution is 9.10. The lowest BCUT2D eigenvalue weighted by Gasteiger charge is -2.12. The van der Waals surface area contributed by atoms with Crippen molar-refractivity contribution < 1.29 is 4.74 Å². The predicted molar refractivity (Wildman–Crippen MR) is 76.9 cm³/mol. The maximum absolute atomic E-state index is 6.04. The molecule has 16 heavy (non-hydrogen) atoms. The second-order valence-electron chi connectivity index (χ2n) is 3.83. The lowest BCUT2D eigenvalue weighted by molar-refractivity contribution is 0.282. The molecule has 0 saturated heterocycles. The number of hydrogen-bond donors (Lipinski definition) is 1. The number of ether oxygens (including phenoxy) is 1. The molecule has 1 aromatic rings. The summed E-state index contributed by atoms with van der Waals surface area (Å²) in [5.74, 6) is 2.33. The van der Waals surface area contributed by atoms with Crippen LogP contribution < -0.4 is 4.74 Å². The Morgan fingerprint density at radius 2 is 2.19 bits per heavy atom. The van der Waals surface area contributed by atoms with Gasteiger partial charge in [-0.3, -0.25) is 0 Å². The molecule has 0 saturated carbocycles. The molecule has 0 radical (unpaired) electrons. The Labute approximate surface area is 116 Å². The van der Waals surface area contributed by atoms with Crippen molar-refractivity contribution >= 4 is 40.2 Å². The average molecular weight is 324 g/mol. The summed E-state index contributed by atoms with van der Waals surface area (Å²) in [6.07, 6.45) is 2.16. The van der Waals surface area contributed by atoms with Crippen LogP contribution >= 0.6 is 40.2 Å². The van der Waals surface area contributed by atoms with Crippen LogP contribution in [0.5, 0.6) is 5.75 Å². The zero-order valence-corrected chi connectivity index (χ0v) is 12.5. The highest BCUT2D eigenvalue weighted by Gasteiger charge is 2.04. The van der Waals surface area contributed by atoms with E-state index in [0.29, 0.717) is 17.5 Å². The van der Waals surface area contributed by atoms with E-state index < -0.39 is 0 Å². The Hall–Kier alpha value is 0.140. The molecule has 1 atom stereocenters. The highest BCUT2D eigenvalue weighted by atomic mass is 79.9. The van der Waals surface area contributed by atoms with Gasteiger partial charge in [0.1, 0.15) is 5.75 Å². The minimum atomic E-state index is 0.645. The maximum atomic E-state index is 6.04. The first-order chi connectivity index (χ1) is 7.63. The second kappa shape index (κ2) is 7.46. The van der Waals surface area contributed by atoms with Crippen molar-refractivity contribution in [1.29, 1.82) is 0 Å². The molecule has 0 aliphatic rings. The van der Waals surface area contributed by atoms with E-state index in [1.165, 1.54) is 0 Å². The minimum absolute atomic E-state index is 0.645. The molecule has 4 heteroatoms. The number of hydrogen-bond acceptors (Lipinski definition) is 2. The molecule has 1 rings (SSSR count). The quantitative estimate of drug-likeness (QED) is 0.738. The number of benzene rings is 1. The summed E-state index contributed by atoms with van der Waals surface area (Å²) in [6, 6.07) is 5.65. The van der Waals surface area contributed by atoms with E-state index in [4.69, 9.17) is 16.3 Å². The van der Waals surface area contributed by atoms with Crippen LogP contribution in [0.2, 0.25) is 5.02 Å². The Bertz CT molecular complexity index is 333. The van der Waals surface area contributed by atoms with Gasteiger partial charge < -0.3 is 4.74 Å². The molecule has 0 heterocycles. The van der Waals surface area contributed by atoms with E-state index in [9.17, 15) is 0 Å². The van der Waals surface area contributed by atoms with Crippen LogP contribution in [0.4, 0.5) is 0 Å². The van der Waals surface area contributed by atoms with Crippen LogP contribution in [0, 0.1) is 5.92 Å². The molecule has 1 aromatic carbocycles. The third-order valence-electron chi connectivity index (χ3n) is 2.38. The molecule has 0 aliphatic carbocycles. The van der Waals surface area contributed by atoms with Crippen molar-refractivity contribution in [2.75, 3.05) is 12.4 Å². The van der Waals surface area contributed by atoms with Crippen LogP contribution in [0.25, 0.3) is 0 Å². The van der Waals surface area contributed by atoms with Crippen LogP contribution in [-0.2, 0) is 0 Å². The monoisotopic (exact) mass is 322 g/mol. The standard InChI is InChI=1S/C12H16BrClOS/c1-9(5-7-16)4-6-15-12-3-2-10(13)8-11(12)14/h2-3,8-9,16H,4-7H2,1H3. The van der Waals surface area contributed by atoms with Gasteiger partial charge in [0.15, 0.2) is 0 Å². The summed E-state index contributed by atoms with van der Waals surface area (Å²) in [7, 11) is 0. The summed E-state index contributed by atoms with van der Waals surface area (Å²) in [5.41, 5.74) is 0. The Morgan fingerprint density at radius 3 is 2.81 bits per heavy atom. The van der Waals surface area contributed by atoms with Crippen molar-refractivity contribution in [3.8, 4) is 5.75 Å². The van der Waals surface area contributed by atoms with Crippen molar-refractivity contribution in [1.82, 2.24) is 0 Å². The molecule has 0 fully saturated rings. The van der Waals surface area contributed by atoms with Gasteiger partial charge in [-0.25, -0.2) is 0 Å². The topological polar surface area (TPSA) is 9.23 Å². The molecular formula is C12H16BrClOS. The fourth-order valence-electron chi connectivity index (χ4n) is 1.33. The minimum Gasteiger partial charge on any atom is -0.492 e. The fraction of sp³-hybridized carbons (Fsp3) is 0.500. The molecule has 0 bridgehead atoms. The van der Waals surface area contributed by atoms with Crippen LogP contribution in [0.3, 0.4) is 0 Å². The zero-order valence-electron chi connectivity index (χ0n) is 9.25. The first-order valence-electron chi connectivity index (χ1n) is 5.32. The summed E-state index contributed by atoms with van der Waals surface area (Å²) in [4.78, 5) is 0. The van der Waals surface area contributed by atoms with Gasteiger partial charge in [-0.15, -0.1) is 0 Å². The predicted octanol–water partition coefficient (Wildman–Crippen LogP) is 4.83. The molecule has 0 aromatic heterocycles. The van der Waals surface area contributed by atoms with E-state index in [1.807, 2.05) is 18.2 Å². The molecule has 0 N–H and O–H groups in total. The van der Waals surface area contributed by atoms with Gasteiger partial charge in [0, 0.05) is 4.47 Å². The largest absolute Gasteiger partial charge is 0.492 e. The normalized spacial score (nSPS) is 12.5. The Kier molecular flexibility index (Phi) is 6.62. The van der Waals surface area contributed by atoms with Crippen molar-refractivity contribution in [2.45, 2.75) is 19.8 Å². The smallest absolute Gasteiger partial charge is 0.137 e. The van der Waals surface area contributed by atoms with Gasteiger partial charge in [-0.2, -0.15) is 12.6 Å². The molecule has 1 unspecified atom stereocenters. The zero-order chi connectivity index (χ0) is 12.0. The van der Waals surface area contributed by atoms with Gasteiger partial charge >= 0.3 is 0 Å². The second-order valence-corrected chi connectivity index (χ2v) is 5.60. The first-order valence-corrected chi connectivity index (χ1v) is 7.12. The van der Waals surface area contributed by atoms with E-state index >= 15 is 0 Å². The summed E-state index contributed by atoms with van der Waals surface area (Å²) < 4.78 is 6.60. The average Bonchev–Trinajstić information content (AvgIpc) is 2.22. The molecule has 1 nitrogen and oxygen atoms in total. The Morgan fingerprint density at radius 1 is 1.44 bits per heavy atom. The van der Waals surface area contributed by atoms with Gasteiger partial charge in [-0.1, -0.05) is 34.5 Å². The van der Waals surface area contributed by atoms with Crippen molar-refractivity contribution in [3.63, 3.8) is 0 Å². The van der Waals surface area contributed by atoms with Gasteiger partial charge in [0.05, 0.1) is 11.6 Å². The molecule has 0 aliphatic heterocycles. The maximum Gasteiger partial charge on any atom is 0.137 e. The lowest BCUT2D eigenvalue weighted by atomic mass is 10.1. The molecule has 0 amide bonds. The van der Waals surface area contributed by atoms with E-state index in [0.717, 1.165) is 28.8 Å². The summed E-state index contributed by atoms with van der Waals surface area (Å²) in [5, 5.41) is 0.649. The highest BCUT2D eigenvalue weighted by Crippen LogP contribution is 2.28. The van der Waals surface area contributed by atoms with Gasteiger partial charge in [0.25, 0.3) is 0 Å². The van der Waals surface area contributed by atoms with Crippen LogP contribution in [0.15, 0.2) is 22.7 Å². The number of halogens is 2. The van der Waals surface area contributed by atoms with Crippen LogP contribution in [0.1, 0.15) is 19.8 Å². The van der Waals surface area contributed by atoms with E-state index in [-0.39, 0.29) is 0 Å². The van der Waals surface area contributed by atoms with Gasteiger partial charge in [-0.05, 0) is 42.7 Å². The van der Waals surface area contributed by atoms with Crippen LogP contribution in [-0.4, -0.2) is 12.4 Å². The van der Waals surface area contributed by atoms with Crippen molar-refractivity contribution in [3.05, 3.63) is 27.7 Å². The first kappa shape index (κ1) is 14.2. The Balaban J connectivity index is 2.37. The third-order valence-corrected chi connectivity index (χ3v) is 3.43. The van der Waals surface area contributed by atoms with Gasteiger partial charge in [0.2, 0.25) is 0 Å². The van der Waals surface area contributed by atoms with E-state index in [1.54, 1.807) is 0 Å². The fourth-order valence-corrected chi connectivity index (χ4v) is 2.50. The number of thiol groups is 1. The lowest BCUT2D eigenvalue weighted by Crippen LogP contribution is -2.05. The molecule has 0 spiro atoms. The van der Waals surface area contributed by atoms with E-state index in [2.05, 4.69) is 35.5 Å². The molecular weight excluding hydrogens is 308 g/mol. The summed E-state index contributed by atoms with van der Waals surface area (Å²) >= 11 is 13.6. The summed E-state index contributed by atoms with van der Waals surface area (Å²) in [6.45, 7) is 2.92.